The molecule has 0 unspecified atom stereocenters. The van der Waals surface area contributed by atoms with Crippen LogP contribution in [0.25, 0.3) is 10.6 Å². The molecule has 3 nitrogen and oxygen atoms in total. The van der Waals surface area contributed by atoms with Gasteiger partial charge < -0.3 is 4.74 Å². The monoisotopic (exact) mass is 265 g/mol. The van der Waals surface area contributed by atoms with E-state index in [1.165, 1.54) is 23.5 Å². The van der Waals surface area contributed by atoms with Crippen LogP contribution in [0.2, 0.25) is 0 Å². The molecule has 0 aliphatic heterocycles. The van der Waals surface area contributed by atoms with Crippen LogP contribution in [-0.4, -0.2) is 17.6 Å². The van der Waals surface area contributed by atoms with Crippen molar-refractivity contribution >= 4 is 17.3 Å². The minimum absolute atomic E-state index is 0.152. The van der Waals surface area contributed by atoms with Crippen molar-refractivity contribution in [2.24, 2.45) is 0 Å². The molecule has 2 aromatic rings. The van der Waals surface area contributed by atoms with Gasteiger partial charge in [-0.25, -0.2) is 9.37 Å². The minimum Gasteiger partial charge on any atom is -0.466 e. The molecule has 0 bridgehead atoms. The molecule has 0 saturated heterocycles. The zero-order valence-corrected chi connectivity index (χ0v) is 10.7. The molecule has 0 amide bonds. The topological polar surface area (TPSA) is 39.2 Å². The van der Waals surface area contributed by atoms with Gasteiger partial charge in [-0.1, -0.05) is 12.1 Å². The molecule has 94 valence electrons. The summed E-state index contributed by atoms with van der Waals surface area (Å²) in [5.41, 5.74) is 1.37. The van der Waals surface area contributed by atoms with E-state index in [1.807, 2.05) is 0 Å². The lowest BCUT2D eigenvalue weighted by atomic mass is 10.2. The summed E-state index contributed by atoms with van der Waals surface area (Å²) in [7, 11) is 0. The molecule has 0 aliphatic rings. The van der Waals surface area contributed by atoms with E-state index in [4.69, 9.17) is 4.74 Å². The van der Waals surface area contributed by atoms with Gasteiger partial charge in [0.2, 0.25) is 0 Å². The Hall–Kier alpha value is -1.75. The SMILES string of the molecule is CCOC(=O)Cc1csc(-c2cccc(F)c2)n1. The Labute approximate surface area is 108 Å². The van der Waals surface area contributed by atoms with Gasteiger partial charge in [0, 0.05) is 10.9 Å². The number of aromatic nitrogens is 1. The molecule has 0 radical (unpaired) electrons. The molecule has 0 spiro atoms. The van der Waals surface area contributed by atoms with Crippen LogP contribution in [-0.2, 0) is 16.0 Å². The molecule has 1 heterocycles. The van der Waals surface area contributed by atoms with Crippen molar-refractivity contribution in [1.82, 2.24) is 4.98 Å². The van der Waals surface area contributed by atoms with Crippen molar-refractivity contribution in [2.75, 3.05) is 6.61 Å². The van der Waals surface area contributed by atoms with E-state index in [2.05, 4.69) is 4.98 Å². The Kier molecular flexibility index (Phi) is 4.04. The zero-order valence-electron chi connectivity index (χ0n) is 9.85. The quantitative estimate of drug-likeness (QED) is 0.798. The van der Waals surface area contributed by atoms with Gasteiger partial charge in [-0.3, -0.25) is 4.79 Å². The second-order valence-corrected chi connectivity index (χ2v) is 4.49. The number of hydrogen-bond donors (Lipinski definition) is 0. The third-order valence-corrected chi connectivity index (χ3v) is 3.19. The predicted octanol–water partition coefficient (Wildman–Crippen LogP) is 3.05. The van der Waals surface area contributed by atoms with Crippen LogP contribution in [0.5, 0.6) is 0 Å². The van der Waals surface area contributed by atoms with Crippen LogP contribution in [0, 0.1) is 5.82 Å². The van der Waals surface area contributed by atoms with Crippen molar-refractivity contribution in [1.29, 1.82) is 0 Å². The van der Waals surface area contributed by atoms with Crippen LogP contribution in [0.1, 0.15) is 12.6 Å². The molecule has 0 N–H and O–H groups in total. The Balaban J connectivity index is 2.13. The second-order valence-electron chi connectivity index (χ2n) is 3.64. The van der Waals surface area contributed by atoms with Crippen LogP contribution < -0.4 is 0 Å². The normalized spacial score (nSPS) is 10.3. The standard InChI is InChI=1S/C13H12FNO2S/c1-2-17-12(16)7-11-8-18-13(15-11)9-4-3-5-10(14)6-9/h3-6,8H,2,7H2,1H3. The van der Waals surface area contributed by atoms with Crippen LogP contribution in [0.3, 0.4) is 0 Å². The van der Waals surface area contributed by atoms with Gasteiger partial charge in [0.15, 0.2) is 0 Å². The molecule has 0 fully saturated rings. The second kappa shape index (κ2) is 5.73. The maximum atomic E-state index is 13.1. The number of esters is 1. The summed E-state index contributed by atoms with van der Waals surface area (Å²) in [4.78, 5) is 15.6. The Morgan fingerprint density at radius 3 is 3.06 bits per heavy atom. The molecule has 0 aliphatic carbocycles. The highest BCUT2D eigenvalue weighted by Gasteiger charge is 2.09. The number of hydrogen-bond acceptors (Lipinski definition) is 4. The number of halogens is 1. The molecule has 5 heteroatoms. The molecule has 2 rings (SSSR count). The summed E-state index contributed by atoms with van der Waals surface area (Å²) >= 11 is 1.39. The van der Waals surface area contributed by atoms with Gasteiger partial charge in [0.25, 0.3) is 0 Å². The number of thiazole rings is 1. The van der Waals surface area contributed by atoms with E-state index < -0.39 is 0 Å². The van der Waals surface area contributed by atoms with E-state index in [0.717, 1.165) is 5.56 Å². The summed E-state index contributed by atoms with van der Waals surface area (Å²) in [6, 6.07) is 6.23. The summed E-state index contributed by atoms with van der Waals surface area (Å²) in [5.74, 6) is -0.594. The van der Waals surface area contributed by atoms with Crippen molar-refractivity contribution in [3.63, 3.8) is 0 Å². The molecule has 0 atom stereocenters. The Morgan fingerprint density at radius 1 is 1.50 bits per heavy atom. The first-order chi connectivity index (χ1) is 8.69. The summed E-state index contributed by atoms with van der Waals surface area (Å²) in [6.07, 6.45) is 0.152. The van der Waals surface area contributed by atoms with Gasteiger partial charge in [0.05, 0.1) is 18.7 Å². The number of nitrogens with zero attached hydrogens (tertiary/aromatic N) is 1. The third-order valence-electron chi connectivity index (χ3n) is 2.25. The van der Waals surface area contributed by atoms with Crippen molar-refractivity contribution in [3.8, 4) is 10.6 Å². The highest BCUT2D eigenvalue weighted by Crippen LogP contribution is 2.24. The zero-order chi connectivity index (χ0) is 13.0. The van der Waals surface area contributed by atoms with Gasteiger partial charge in [0.1, 0.15) is 10.8 Å². The van der Waals surface area contributed by atoms with Crippen LogP contribution in [0.4, 0.5) is 4.39 Å². The van der Waals surface area contributed by atoms with E-state index in [1.54, 1.807) is 24.4 Å². The number of carbonyl (C=O) groups excluding carboxylic acids is 1. The lowest BCUT2D eigenvalue weighted by molar-refractivity contribution is -0.142. The lowest BCUT2D eigenvalue weighted by Crippen LogP contribution is -2.07. The average Bonchev–Trinajstić information content (AvgIpc) is 2.78. The average molecular weight is 265 g/mol. The molecule has 18 heavy (non-hydrogen) atoms. The first-order valence-corrected chi connectivity index (χ1v) is 6.43. The molecular weight excluding hydrogens is 253 g/mol. The summed E-state index contributed by atoms with van der Waals surface area (Å²) in [5, 5.41) is 2.49. The van der Waals surface area contributed by atoms with E-state index in [9.17, 15) is 9.18 Å². The fourth-order valence-electron chi connectivity index (χ4n) is 1.50. The highest BCUT2D eigenvalue weighted by molar-refractivity contribution is 7.13. The maximum absolute atomic E-state index is 13.1. The van der Waals surface area contributed by atoms with E-state index in [0.29, 0.717) is 17.3 Å². The fraction of sp³-hybridized carbons (Fsp3) is 0.231. The van der Waals surface area contributed by atoms with Crippen LogP contribution >= 0.6 is 11.3 Å². The number of rotatable bonds is 4. The van der Waals surface area contributed by atoms with Crippen LogP contribution in [0.15, 0.2) is 29.6 Å². The largest absolute Gasteiger partial charge is 0.466 e. The Morgan fingerprint density at radius 2 is 2.33 bits per heavy atom. The van der Waals surface area contributed by atoms with Crippen molar-refractivity contribution < 1.29 is 13.9 Å². The van der Waals surface area contributed by atoms with Gasteiger partial charge in [-0.2, -0.15) is 0 Å². The highest BCUT2D eigenvalue weighted by atomic mass is 32.1. The molecular formula is C13H12FNO2S. The number of benzene rings is 1. The first kappa shape index (κ1) is 12.7. The lowest BCUT2D eigenvalue weighted by Gasteiger charge is -1.98. The van der Waals surface area contributed by atoms with Crippen molar-refractivity contribution in [3.05, 3.63) is 41.2 Å². The van der Waals surface area contributed by atoms with E-state index >= 15 is 0 Å². The molecule has 0 saturated carbocycles. The molecule has 1 aromatic heterocycles. The smallest absolute Gasteiger partial charge is 0.311 e. The number of carbonyl (C=O) groups is 1. The predicted molar refractivity (Wildman–Crippen MR) is 67.8 cm³/mol. The van der Waals surface area contributed by atoms with Gasteiger partial charge >= 0.3 is 5.97 Å². The molecule has 1 aromatic carbocycles. The summed E-state index contributed by atoms with van der Waals surface area (Å²) < 4.78 is 17.9. The third kappa shape index (κ3) is 3.13. The van der Waals surface area contributed by atoms with Gasteiger partial charge in [-0.15, -0.1) is 11.3 Å². The Bertz CT molecular complexity index is 553. The van der Waals surface area contributed by atoms with E-state index in [-0.39, 0.29) is 18.2 Å². The maximum Gasteiger partial charge on any atom is 0.311 e. The minimum atomic E-state index is -0.298. The van der Waals surface area contributed by atoms with Gasteiger partial charge in [-0.05, 0) is 19.1 Å². The van der Waals surface area contributed by atoms with Crippen molar-refractivity contribution in [2.45, 2.75) is 13.3 Å². The fourth-order valence-corrected chi connectivity index (χ4v) is 2.32. The summed E-state index contributed by atoms with van der Waals surface area (Å²) in [6.45, 7) is 2.12. The first-order valence-electron chi connectivity index (χ1n) is 5.55. The number of ether oxygens (including phenoxy) is 1.